The summed E-state index contributed by atoms with van der Waals surface area (Å²) < 4.78 is 20.6. The summed E-state index contributed by atoms with van der Waals surface area (Å²) in [6.07, 6.45) is 0. The zero-order chi connectivity index (χ0) is 16.3. The van der Waals surface area contributed by atoms with Crippen LogP contribution in [0, 0.1) is 5.92 Å². The van der Waals surface area contributed by atoms with Crippen molar-refractivity contribution < 1.29 is 18.3 Å². The van der Waals surface area contributed by atoms with E-state index in [-0.39, 0.29) is 36.2 Å². The summed E-state index contributed by atoms with van der Waals surface area (Å²) in [6.45, 7) is 21.0. The lowest BCUT2D eigenvalue weighted by molar-refractivity contribution is 0.294. The summed E-state index contributed by atoms with van der Waals surface area (Å²) >= 11 is 0. The summed E-state index contributed by atoms with van der Waals surface area (Å²) in [5, 5.41) is 0. The second kappa shape index (κ2) is 17.5. The fourth-order valence-electron chi connectivity index (χ4n) is 1.45. The molecule has 1 saturated heterocycles. The van der Waals surface area contributed by atoms with Crippen molar-refractivity contribution in [3.05, 3.63) is 0 Å². The van der Waals surface area contributed by atoms with Crippen molar-refractivity contribution in [1.82, 2.24) is 0 Å². The first-order valence-corrected chi connectivity index (χ1v) is 7.66. The van der Waals surface area contributed by atoms with Crippen LogP contribution in [0.3, 0.4) is 0 Å². The maximum Gasteiger partial charge on any atom is 0.426 e. The van der Waals surface area contributed by atoms with E-state index in [9.17, 15) is 0 Å². The smallest absolute Gasteiger partial charge is 0.426 e. The molecule has 0 aromatic carbocycles. The maximum absolute atomic E-state index is 5.25. The van der Waals surface area contributed by atoms with E-state index < -0.39 is 0 Å². The largest absolute Gasteiger partial charge is 0.499 e. The van der Waals surface area contributed by atoms with E-state index in [0.717, 1.165) is 5.92 Å². The third kappa shape index (κ3) is 28.3. The van der Waals surface area contributed by atoms with Crippen LogP contribution >= 0.6 is 0 Å². The molecule has 1 rings (SSSR count). The average Bonchev–Trinajstić information content (AvgIpc) is 2.11. The molecule has 0 radical (unpaired) electrons. The van der Waals surface area contributed by atoms with Crippen molar-refractivity contribution in [3.63, 3.8) is 0 Å². The second-order valence-electron chi connectivity index (χ2n) is 6.08. The Hall–Kier alpha value is 0.165. The predicted octanol–water partition coefficient (Wildman–Crippen LogP) is 4.84. The van der Waals surface area contributed by atoms with Gasteiger partial charge in [-0.25, -0.2) is 0 Å². The molecule has 0 aromatic heterocycles. The van der Waals surface area contributed by atoms with E-state index in [0.29, 0.717) is 13.8 Å². The molecular formula is C13H39B5O4. The summed E-state index contributed by atoms with van der Waals surface area (Å²) in [5.74, 6) is 0.833. The SMILES string of the molecule is C.C.CB(C)OB(C)C.CB1OB(C)OB(C)O1.CC(C)C. The molecule has 130 valence electrons. The molecule has 0 aliphatic carbocycles. The summed E-state index contributed by atoms with van der Waals surface area (Å²) in [6, 6.07) is 0. The van der Waals surface area contributed by atoms with Gasteiger partial charge in [-0.2, -0.15) is 0 Å². The zero-order valence-corrected chi connectivity index (χ0v) is 15.1. The fourth-order valence-corrected chi connectivity index (χ4v) is 1.45. The molecule has 1 fully saturated rings. The molecule has 22 heavy (non-hydrogen) atoms. The Kier molecular flexibility index (Phi) is 24.0. The number of rotatable bonds is 2. The van der Waals surface area contributed by atoms with E-state index in [1.165, 1.54) is 0 Å². The lowest BCUT2D eigenvalue weighted by Gasteiger charge is -2.25. The van der Waals surface area contributed by atoms with Crippen molar-refractivity contribution in [2.75, 3.05) is 0 Å². The number of hydrogen-bond donors (Lipinski definition) is 0. The van der Waals surface area contributed by atoms with Crippen LogP contribution in [0.2, 0.25) is 47.8 Å². The molecule has 0 atom stereocenters. The normalized spacial score (nSPS) is 13.0. The van der Waals surface area contributed by atoms with Crippen LogP contribution in [-0.2, 0) is 18.3 Å². The first-order valence-electron chi connectivity index (χ1n) is 7.66. The second-order valence-corrected chi connectivity index (χ2v) is 6.08. The molecule has 0 spiro atoms. The van der Waals surface area contributed by atoms with Crippen LogP contribution in [0.5, 0.6) is 0 Å². The van der Waals surface area contributed by atoms with E-state index in [2.05, 4.69) is 20.8 Å². The van der Waals surface area contributed by atoms with Crippen LogP contribution in [0.15, 0.2) is 0 Å². The van der Waals surface area contributed by atoms with Gasteiger partial charge in [-0.05, 0) is 26.4 Å². The van der Waals surface area contributed by atoms with Gasteiger partial charge in [0.05, 0.1) is 0 Å². The molecule has 0 N–H and O–H groups in total. The molecule has 0 bridgehead atoms. The Morgan fingerprint density at radius 1 is 0.682 bits per heavy atom. The molecule has 0 saturated carbocycles. The van der Waals surface area contributed by atoms with Crippen molar-refractivity contribution in [3.8, 4) is 0 Å². The Bertz CT molecular complexity index is 187. The monoisotopic (exact) mass is 314 g/mol. The molecule has 1 heterocycles. The topological polar surface area (TPSA) is 36.9 Å². The van der Waals surface area contributed by atoms with Gasteiger partial charge in [0, 0.05) is 0 Å². The lowest BCUT2D eigenvalue weighted by Crippen LogP contribution is -2.44. The van der Waals surface area contributed by atoms with Crippen LogP contribution in [0.25, 0.3) is 0 Å². The van der Waals surface area contributed by atoms with Gasteiger partial charge >= 0.3 is 21.4 Å². The van der Waals surface area contributed by atoms with Gasteiger partial charge in [0.2, 0.25) is 0 Å². The highest BCUT2D eigenvalue weighted by Gasteiger charge is 2.31. The predicted molar refractivity (Wildman–Crippen MR) is 108 cm³/mol. The quantitative estimate of drug-likeness (QED) is 0.683. The molecular weight excluding hydrogens is 274 g/mol. The van der Waals surface area contributed by atoms with Crippen LogP contribution in [0.4, 0.5) is 0 Å². The van der Waals surface area contributed by atoms with Gasteiger partial charge < -0.3 is 18.3 Å². The van der Waals surface area contributed by atoms with Gasteiger partial charge in [0.1, 0.15) is 0 Å². The Balaban J connectivity index is -0.000000113. The first kappa shape index (κ1) is 30.1. The van der Waals surface area contributed by atoms with Gasteiger partial charge in [-0.1, -0.05) is 62.9 Å². The van der Waals surface area contributed by atoms with Crippen molar-refractivity contribution in [2.24, 2.45) is 5.92 Å². The standard InChI is InChI=1S/C4H12B2O.C4H10.C3H9B3O3.2CH4/c1-5(2)7-6(3)4;1-4(2)3;1-4-7-5(2)9-6(3)8-4;;/h1-4H3;4H,1-3H3;1-3H3;2*1H4. The molecule has 1 aliphatic heterocycles. The number of hydrogen-bond acceptors (Lipinski definition) is 4. The van der Waals surface area contributed by atoms with Crippen molar-refractivity contribution in [2.45, 2.75) is 83.4 Å². The van der Waals surface area contributed by atoms with E-state index in [4.69, 9.17) is 18.3 Å². The van der Waals surface area contributed by atoms with E-state index >= 15 is 0 Å². The third-order valence-electron chi connectivity index (χ3n) is 1.69. The maximum atomic E-state index is 5.25. The summed E-state index contributed by atoms with van der Waals surface area (Å²) in [7, 11) is -0.406. The molecule has 4 nitrogen and oxygen atoms in total. The minimum Gasteiger partial charge on any atom is -0.499 e. The van der Waals surface area contributed by atoms with Gasteiger partial charge in [-0.3, -0.25) is 0 Å². The Morgan fingerprint density at radius 3 is 0.955 bits per heavy atom. The summed E-state index contributed by atoms with van der Waals surface area (Å²) in [5.41, 5.74) is 0. The molecule has 0 unspecified atom stereocenters. The fraction of sp³-hybridized carbons (Fsp3) is 1.00. The minimum absolute atomic E-state index is 0. The molecule has 0 aromatic rings. The third-order valence-corrected chi connectivity index (χ3v) is 1.69. The van der Waals surface area contributed by atoms with Crippen LogP contribution < -0.4 is 0 Å². The zero-order valence-electron chi connectivity index (χ0n) is 15.1. The lowest BCUT2D eigenvalue weighted by atomic mass is 9.65. The molecule has 0 amide bonds. The van der Waals surface area contributed by atoms with E-state index in [1.807, 2.05) is 47.8 Å². The van der Waals surface area contributed by atoms with Gasteiger partial charge in [0.15, 0.2) is 0 Å². The van der Waals surface area contributed by atoms with Gasteiger partial charge in [-0.15, -0.1) is 0 Å². The minimum atomic E-state index is -0.135. The van der Waals surface area contributed by atoms with Gasteiger partial charge in [0.25, 0.3) is 13.8 Å². The highest BCUT2D eigenvalue weighted by atomic mass is 16.7. The Morgan fingerprint density at radius 2 is 0.864 bits per heavy atom. The highest BCUT2D eigenvalue weighted by molar-refractivity contribution is 6.72. The Labute approximate surface area is 143 Å². The highest BCUT2D eigenvalue weighted by Crippen LogP contribution is 2.06. The average molecular weight is 314 g/mol. The molecule has 9 heteroatoms. The molecule has 1 aliphatic rings. The van der Waals surface area contributed by atoms with E-state index in [1.54, 1.807) is 0 Å². The first-order chi connectivity index (χ1) is 9.04. The summed E-state index contributed by atoms with van der Waals surface area (Å²) in [4.78, 5) is 0. The van der Waals surface area contributed by atoms with Crippen LogP contribution in [-0.4, -0.2) is 35.2 Å². The van der Waals surface area contributed by atoms with Crippen molar-refractivity contribution >= 4 is 35.2 Å². The van der Waals surface area contributed by atoms with Crippen molar-refractivity contribution in [1.29, 1.82) is 0 Å². The van der Waals surface area contributed by atoms with Crippen LogP contribution in [0.1, 0.15) is 35.6 Å².